The van der Waals surface area contributed by atoms with E-state index in [1.165, 1.54) is 0 Å². The van der Waals surface area contributed by atoms with Gasteiger partial charge in [-0.25, -0.2) is 4.98 Å². The molecule has 3 rings (SSSR count). The van der Waals surface area contributed by atoms with E-state index >= 15 is 0 Å². The topological polar surface area (TPSA) is 48.1 Å². The van der Waals surface area contributed by atoms with Gasteiger partial charge in [-0.1, -0.05) is 18.2 Å². The zero-order valence-electron chi connectivity index (χ0n) is 9.67. The highest BCUT2D eigenvalue weighted by molar-refractivity contribution is 5.78. The second-order valence-corrected chi connectivity index (χ2v) is 4.66. The van der Waals surface area contributed by atoms with Crippen LogP contribution in [0.2, 0.25) is 0 Å². The highest BCUT2D eigenvalue weighted by atomic mass is 16.5. The minimum Gasteiger partial charge on any atom is -0.474 e. The van der Waals surface area contributed by atoms with E-state index < -0.39 is 0 Å². The minimum atomic E-state index is 0.235. The summed E-state index contributed by atoms with van der Waals surface area (Å²) >= 11 is 0. The van der Waals surface area contributed by atoms with Crippen molar-refractivity contribution in [2.24, 2.45) is 5.73 Å². The molecule has 2 aromatic rings. The van der Waals surface area contributed by atoms with E-state index in [1.54, 1.807) is 0 Å². The summed E-state index contributed by atoms with van der Waals surface area (Å²) in [6.45, 7) is 0. The molecule has 0 amide bonds. The standard InChI is InChI=1S/C14H16N2O/c15-11-6-7-12(9-11)17-14-8-5-10-3-1-2-4-13(10)16-14/h1-5,8,11-12H,6-7,9,15H2. The largest absolute Gasteiger partial charge is 0.474 e. The molecule has 0 saturated heterocycles. The number of fused-ring (bicyclic) bond motifs is 1. The van der Waals surface area contributed by atoms with E-state index in [4.69, 9.17) is 10.5 Å². The average Bonchev–Trinajstić information content (AvgIpc) is 2.75. The lowest BCUT2D eigenvalue weighted by Crippen LogP contribution is -2.19. The predicted octanol–water partition coefficient (Wildman–Crippen LogP) is 2.49. The van der Waals surface area contributed by atoms with Gasteiger partial charge in [-0.05, 0) is 31.4 Å². The van der Waals surface area contributed by atoms with Crippen LogP contribution in [0.15, 0.2) is 36.4 Å². The van der Waals surface area contributed by atoms with Crippen LogP contribution in [0.1, 0.15) is 19.3 Å². The number of pyridine rings is 1. The summed E-state index contributed by atoms with van der Waals surface area (Å²) in [6, 6.07) is 12.3. The van der Waals surface area contributed by atoms with Crippen molar-refractivity contribution in [3.8, 4) is 5.88 Å². The lowest BCUT2D eigenvalue weighted by atomic mass is 10.2. The molecule has 0 spiro atoms. The van der Waals surface area contributed by atoms with Gasteiger partial charge in [-0.3, -0.25) is 0 Å². The molecule has 1 aromatic heterocycles. The predicted molar refractivity (Wildman–Crippen MR) is 68.0 cm³/mol. The van der Waals surface area contributed by atoms with Crippen LogP contribution in [0.25, 0.3) is 10.9 Å². The Labute approximate surface area is 101 Å². The maximum Gasteiger partial charge on any atom is 0.214 e. The summed E-state index contributed by atoms with van der Waals surface area (Å²) < 4.78 is 5.86. The summed E-state index contributed by atoms with van der Waals surface area (Å²) in [5.41, 5.74) is 6.85. The first-order valence-electron chi connectivity index (χ1n) is 6.09. The molecule has 1 aromatic carbocycles. The summed E-state index contributed by atoms with van der Waals surface area (Å²) in [5, 5.41) is 1.14. The quantitative estimate of drug-likeness (QED) is 0.859. The van der Waals surface area contributed by atoms with Gasteiger partial charge in [0.1, 0.15) is 6.10 Å². The monoisotopic (exact) mass is 228 g/mol. The molecule has 0 bridgehead atoms. The summed E-state index contributed by atoms with van der Waals surface area (Å²) in [7, 11) is 0. The molecule has 1 heterocycles. The molecule has 88 valence electrons. The highest BCUT2D eigenvalue weighted by Crippen LogP contribution is 2.23. The van der Waals surface area contributed by atoms with Crippen molar-refractivity contribution in [1.82, 2.24) is 4.98 Å². The fourth-order valence-electron chi connectivity index (χ4n) is 2.36. The molecule has 2 N–H and O–H groups in total. The maximum absolute atomic E-state index is 5.87. The van der Waals surface area contributed by atoms with Gasteiger partial charge in [-0.2, -0.15) is 0 Å². The number of rotatable bonds is 2. The Bertz CT molecular complexity index is 526. The van der Waals surface area contributed by atoms with E-state index in [2.05, 4.69) is 11.1 Å². The Morgan fingerprint density at radius 3 is 2.82 bits per heavy atom. The molecule has 1 aliphatic carbocycles. The Morgan fingerprint density at radius 1 is 1.12 bits per heavy atom. The zero-order chi connectivity index (χ0) is 11.7. The average molecular weight is 228 g/mol. The second kappa shape index (κ2) is 4.34. The van der Waals surface area contributed by atoms with E-state index in [0.29, 0.717) is 11.9 Å². The normalized spacial score (nSPS) is 24.1. The van der Waals surface area contributed by atoms with Gasteiger partial charge >= 0.3 is 0 Å². The van der Waals surface area contributed by atoms with E-state index in [1.807, 2.05) is 30.3 Å². The fourth-order valence-corrected chi connectivity index (χ4v) is 2.36. The molecular weight excluding hydrogens is 212 g/mol. The van der Waals surface area contributed by atoms with Gasteiger partial charge in [0.05, 0.1) is 5.52 Å². The van der Waals surface area contributed by atoms with E-state index in [9.17, 15) is 0 Å². The van der Waals surface area contributed by atoms with Crippen LogP contribution in [0, 0.1) is 0 Å². The molecule has 3 heteroatoms. The minimum absolute atomic E-state index is 0.235. The molecule has 0 aliphatic heterocycles. The van der Waals surface area contributed by atoms with Crippen molar-refractivity contribution < 1.29 is 4.74 Å². The third-order valence-electron chi connectivity index (χ3n) is 3.29. The summed E-state index contributed by atoms with van der Waals surface area (Å²) in [5.74, 6) is 0.711. The molecule has 1 fully saturated rings. The molecule has 1 saturated carbocycles. The molecule has 17 heavy (non-hydrogen) atoms. The van der Waals surface area contributed by atoms with Gasteiger partial charge in [0.2, 0.25) is 5.88 Å². The van der Waals surface area contributed by atoms with Crippen molar-refractivity contribution >= 4 is 10.9 Å². The lowest BCUT2D eigenvalue weighted by Gasteiger charge is -2.12. The number of benzene rings is 1. The van der Waals surface area contributed by atoms with Crippen molar-refractivity contribution in [3.05, 3.63) is 36.4 Å². The molecule has 1 aliphatic rings. The molecule has 2 atom stereocenters. The van der Waals surface area contributed by atoms with Crippen LogP contribution < -0.4 is 10.5 Å². The Hall–Kier alpha value is -1.61. The first-order chi connectivity index (χ1) is 8.31. The maximum atomic E-state index is 5.87. The van der Waals surface area contributed by atoms with Crippen LogP contribution in [-0.2, 0) is 0 Å². The number of para-hydroxylation sites is 1. The van der Waals surface area contributed by atoms with Crippen LogP contribution >= 0.6 is 0 Å². The fraction of sp³-hybridized carbons (Fsp3) is 0.357. The van der Waals surface area contributed by atoms with Crippen LogP contribution in [0.4, 0.5) is 0 Å². The Kier molecular flexibility index (Phi) is 2.69. The number of aromatic nitrogens is 1. The number of hydrogen-bond donors (Lipinski definition) is 1. The third kappa shape index (κ3) is 2.24. The zero-order valence-corrected chi connectivity index (χ0v) is 9.67. The van der Waals surface area contributed by atoms with Gasteiger partial charge in [0.15, 0.2) is 0 Å². The third-order valence-corrected chi connectivity index (χ3v) is 3.29. The second-order valence-electron chi connectivity index (χ2n) is 4.66. The van der Waals surface area contributed by atoms with Crippen molar-refractivity contribution in [2.75, 3.05) is 0 Å². The van der Waals surface area contributed by atoms with Crippen LogP contribution in [0.3, 0.4) is 0 Å². The Balaban J connectivity index is 1.81. The van der Waals surface area contributed by atoms with Crippen molar-refractivity contribution in [2.45, 2.75) is 31.4 Å². The van der Waals surface area contributed by atoms with Gasteiger partial charge in [0.25, 0.3) is 0 Å². The Morgan fingerprint density at radius 2 is 2.00 bits per heavy atom. The number of nitrogens with zero attached hydrogens (tertiary/aromatic N) is 1. The first-order valence-corrected chi connectivity index (χ1v) is 6.09. The molecule has 3 nitrogen and oxygen atoms in total. The van der Waals surface area contributed by atoms with E-state index in [-0.39, 0.29) is 6.10 Å². The first kappa shape index (κ1) is 10.5. The number of nitrogens with two attached hydrogens (primary N) is 1. The van der Waals surface area contributed by atoms with Crippen molar-refractivity contribution in [3.63, 3.8) is 0 Å². The summed E-state index contributed by atoms with van der Waals surface area (Å²) in [4.78, 5) is 4.50. The summed E-state index contributed by atoms with van der Waals surface area (Å²) in [6.07, 6.45) is 3.27. The number of hydrogen-bond acceptors (Lipinski definition) is 3. The van der Waals surface area contributed by atoms with Crippen LogP contribution in [-0.4, -0.2) is 17.1 Å². The SMILES string of the molecule is NC1CCC(Oc2ccc3ccccc3n2)C1. The number of ether oxygens (including phenoxy) is 1. The van der Waals surface area contributed by atoms with Crippen LogP contribution in [0.5, 0.6) is 5.88 Å². The van der Waals surface area contributed by atoms with Gasteiger partial charge in [-0.15, -0.1) is 0 Å². The van der Waals surface area contributed by atoms with Gasteiger partial charge < -0.3 is 10.5 Å². The molecular formula is C14H16N2O. The highest BCUT2D eigenvalue weighted by Gasteiger charge is 2.23. The lowest BCUT2D eigenvalue weighted by molar-refractivity contribution is 0.200. The molecule has 2 unspecified atom stereocenters. The van der Waals surface area contributed by atoms with Crippen molar-refractivity contribution in [1.29, 1.82) is 0 Å². The smallest absolute Gasteiger partial charge is 0.214 e. The van der Waals surface area contributed by atoms with E-state index in [0.717, 1.165) is 30.2 Å². The van der Waals surface area contributed by atoms with Gasteiger partial charge in [0, 0.05) is 17.5 Å². The molecule has 0 radical (unpaired) electrons.